The molecule has 0 spiro atoms. The van der Waals surface area contributed by atoms with Crippen LogP contribution < -0.4 is 15.5 Å². The molecule has 0 unspecified atom stereocenters. The van der Waals surface area contributed by atoms with Gasteiger partial charge in [-0.3, -0.25) is 19.7 Å². The number of nitro groups is 1. The van der Waals surface area contributed by atoms with E-state index in [1.54, 1.807) is 42.5 Å². The van der Waals surface area contributed by atoms with Crippen molar-refractivity contribution in [3.63, 3.8) is 0 Å². The zero-order valence-corrected chi connectivity index (χ0v) is 18.1. The van der Waals surface area contributed by atoms with Crippen LogP contribution in [-0.4, -0.2) is 29.6 Å². The van der Waals surface area contributed by atoms with Gasteiger partial charge in [-0.2, -0.15) is 5.10 Å². The van der Waals surface area contributed by atoms with Gasteiger partial charge in [-0.05, 0) is 70.0 Å². The Balaban J connectivity index is 1.46. The van der Waals surface area contributed by atoms with Crippen LogP contribution in [0.2, 0.25) is 0 Å². The van der Waals surface area contributed by atoms with E-state index in [2.05, 4.69) is 31.8 Å². The van der Waals surface area contributed by atoms with Crippen molar-refractivity contribution in [1.29, 1.82) is 0 Å². The van der Waals surface area contributed by atoms with Gasteiger partial charge in [0, 0.05) is 22.3 Å². The predicted octanol–water partition coefficient (Wildman–Crippen LogP) is 4.14. The number of benzene rings is 3. The first-order valence-corrected chi connectivity index (χ1v) is 10.1. The molecule has 3 aromatic carbocycles. The number of non-ortho nitro benzene ring substituents is 1. The van der Waals surface area contributed by atoms with Crippen LogP contribution in [0.15, 0.2) is 82.4 Å². The van der Waals surface area contributed by atoms with Crippen molar-refractivity contribution in [2.45, 2.75) is 0 Å². The number of hydrazone groups is 1. The number of nitrogens with zero attached hydrogens (tertiary/aromatic N) is 2. The lowest BCUT2D eigenvalue weighted by Gasteiger charge is -2.07. The van der Waals surface area contributed by atoms with Crippen LogP contribution in [-0.2, 0) is 4.79 Å². The lowest BCUT2D eigenvalue weighted by molar-refractivity contribution is -0.384. The number of ether oxygens (including phenoxy) is 1. The average molecular weight is 497 g/mol. The second-order valence-corrected chi connectivity index (χ2v) is 7.24. The van der Waals surface area contributed by atoms with Gasteiger partial charge in [0.1, 0.15) is 5.75 Å². The Kier molecular flexibility index (Phi) is 7.65. The third kappa shape index (κ3) is 6.47. The number of hydrogen-bond acceptors (Lipinski definition) is 6. The smallest absolute Gasteiger partial charge is 0.272 e. The van der Waals surface area contributed by atoms with Gasteiger partial charge in [0.25, 0.3) is 17.5 Å². The van der Waals surface area contributed by atoms with Crippen molar-refractivity contribution in [1.82, 2.24) is 5.43 Å². The van der Waals surface area contributed by atoms with Crippen molar-refractivity contribution < 1.29 is 19.2 Å². The largest absolute Gasteiger partial charge is 0.484 e. The maximum atomic E-state index is 12.1. The Bertz CT molecular complexity index is 1150. The summed E-state index contributed by atoms with van der Waals surface area (Å²) in [5.74, 6) is -0.273. The number of rotatable bonds is 8. The molecule has 0 aliphatic rings. The highest BCUT2D eigenvalue weighted by atomic mass is 79.9. The zero-order chi connectivity index (χ0) is 22.9. The summed E-state index contributed by atoms with van der Waals surface area (Å²) in [6.45, 7) is -0.230. The summed E-state index contributed by atoms with van der Waals surface area (Å²) < 4.78 is 6.10. The molecule has 162 valence electrons. The van der Waals surface area contributed by atoms with Gasteiger partial charge in [-0.25, -0.2) is 5.43 Å². The van der Waals surface area contributed by atoms with E-state index < -0.39 is 10.8 Å². The molecule has 3 rings (SSSR count). The second kappa shape index (κ2) is 10.8. The Morgan fingerprint density at radius 2 is 1.72 bits per heavy atom. The summed E-state index contributed by atoms with van der Waals surface area (Å²) in [7, 11) is 0. The fraction of sp³-hybridized carbons (Fsp3) is 0.0455. The van der Waals surface area contributed by atoms with Crippen LogP contribution >= 0.6 is 15.9 Å². The van der Waals surface area contributed by atoms with E-state index in [0.717, 1.165) is 5.56 Å². The number of carbonyl (C=O) groups excluding carboxylic acids is 2. The Morgan fingerprint density at radius 3 is 2.38 bits per heavy atom. The minimum absolute atomic E-state index is 0.0598. The molecule has 0 heterocycles. The summed E-state index contributed by atoms with van der Waals surface area (Å²) in [5, 5.41) is 17.2. The number of amides is 2. The van der Waals surface area contributed by atoms with Crippen LogP contribution in [0, 0.1) is 10.1 Å². The van der Waals surface area contributed by atoms with Gasteiger partial charge in [0.15, 0.2) is 6.61 Å². The summed E-state index contributed by atoms with van der Waals surface area (Å²) in [6, 6.07) is 19.3. The van der Waals surface area contributed by atoms with E-state index in [-0.39, 0.29) is 18.2 Å². The van der Waals surface area contributed by atoms with Crippen LogP contribution in [0.4, 0.5) is 11.4 Å². The topological polar surface area (TPSA) is 123 Å². The Hall–Kier alpha value is -4.05. The second-order valence-electron chi connectivity index (χ2n) is 6.39. The van der Waals surface area contributed by atoms with E-state index in [0.29, 0.717) is 21.5 Å². The van der Waals surface area contributed by atoms with Gasteiger partial charge in [-0.1, -0.05) is 12.1 Å². The predicted molar refractivity (Wildman–Crippen MR) is 123 cm³/mol. The SMILES string of the molecule is O=C(COc1ccc(/C=N\NC(=O)c2ccccc2Br)cc1)Nc1ccc([N+](=O)[O-])cc1. The average Bonchev–Trinajstić information content (AvgIpc) is 2.79. The molecule has 3 aromatic rings. The van der Waals surface area contributed by atoms with Gasteiger partial charge in [0.2, 0.25) is 0 Å². The zero-order valence-electron chi connectivity index (χ0n) is 16.5. The Morgan fingerprint density at radius 1 is 1.03 bits per heavy atom. The lowest BCUT2D eigenvalue weighted by atomic mass is 10.2. The summed E-state index contributed by atoms with van der Waals surface area (Å²) in [5.41, 5.74) is 4.02. The maximum Gasteiger partial charge on any atom is 0.272 e. The number of carbonyl (C=O) groups is 2. The minimum atomic E-state index is -0.515. The minimum Gasteiger partial charge on any atom is -0.484 e. The molecule has 10 heteroatoms. The molecule has 9 nitrogen and oxygen atoms in total. The first-order chi connectivity index (χ1) is 15.4. The highest BCUT2D eigenvalue weighted by molar-refractivity contribution is 9.10. The van der Waals surface area contributed by atoms with Gasteiger partial charge in [0.05, 0.1) is 16.7 Å². The van der Waals surface area contributed by atoms with Crippen molar-refractivity contribution in [3.05, 3.63) is 98.5 Å². The van der Waals surface area contributed by atoms with E-state index >= 15 is 0 Å². The summed E-state index contributed by atoms with van der Waals surface area (Å²) >= 11 is 3.31. The molecule has 0 aromatic heterocycles. The van der Waals surface area contributed by atoms with Crippen molar-refractivity contribution in [2.75, 3.05) is 11.9 Å². The van der Waals surface area contributed by atoms with Crippen LogP contribution in [0.5, 0.6) is 5.75 Å². The van der Waals surface area contributed by atoms with E-state index in [9.17, 15) is 19.7 Å². The van der Waals surface area contributed by atoms with Gasteiger partial charge >= 0.3 is 0 Å². The van der Waals surface area contributed by atoms with Crippen LogP contribution in [0.3, 0.4) is 0 Å². The fourth-order valence-corrected chi connectivity index (χ4v) is 3.00. The van der Waals surface area contributed by atoms with E-state index in [4.69, 9.17) is 4.74 Å². The number of nitrogens with one attached hydrogen (secondary N) is 2. The summed E-state index contributed by atoms with van der Waals surface area (Å²) in [6.07, 6.45) is 1.49. The standard InChI is InChI=1S/C22H17BrN4O5/c23-20-4-2-1-3-19(20)22(29)26-24-13-15-5-11-18(12-6-15)32-14-21(28)25-16-7-9-17(10-8-16)27(30)31/h1-13H,14H2,(H,25,28)(H,26,29)/b24-13-. The molecule has 0 fully saturated rings. The van der Waals surface area contributed by atoms with Gasteiger partial charge in [-0.15, -0.1) is 0 Å². The van der Waals surface area contributed by atoms with Gasteiger partial charge < -0.3 is 10.1 Å². The molecule has 0 aliphatic carbocycles. The number of hydrogen-bond donors (Lipinski definition) is 2. The van der Waals surface area contributed by atoms with E-state index in [1.807, 2.05) is 6.07 Å². The normalized spacial score (nSPS) is 10.5. The van der Waals surface area contributed by atoms with E-state index in [1.165, 1.54) is 30.5 Å². The third-order valence-electron chi connectivity index (χ3n) is 4.11. The Labute approximate surface area is 191 Å². The molecule has 0 saturated carbocycles. The number of anilines is 1. The first kappa shape index (κ1) is 22.6. The lowest BCUT2D eigenvalue weighted by Crippen LogP contribution is -2.20. The highest BCUT2D eigenvalue weighted by Gasteiger charge is 2.08. The molecule has 0 aliphatic heterocycles. The summed E-state index contributed by atoms with van der Waals surface area (Å²) in [4.78, 5) is 34.2. The van der Waals surface area contributed by atoms with Crippen molar-refractivity contribution >= 4 is 45.3 Å². The molecule has 2 amide bonds. The molecule has 2 N–H and O–H groups in total. The van der Waals surface area contributed by atoms with Crippen molar-refractivity contribution in [3.8, 4) is 5.75 Å². The molecule has 0 radical (unpaired) electrons. The quantitative estimate of drug-likeness (QED) is 0.275. The fourth-order valence-electron chi connectivity index (χ4n) is 2.53. The molecular formula is C22H17BrN4O5. The maximum absolute atomic E-state index is 12.1. The highest BCUT2D eigenvalue weighted by Crippen LogP contribution is 2.17. The van der Waals surface area contributed by atoms with Crippen LogP contribution in [0.25, 0.3) is 0 Å². The van der Waals surface area contributed by atoms with Crippen molar-refractivity contribution in [2.24, 2.45) is 5.10 Å². The third-order valence-corrected chi connectivity index (χ3v) is 4.80. The molecule has 0 saturated heterocycles. The molecule has 0 atom stereocenters. The number of halogens is 1. The number of nitro benzene ring substituents is 1. The first-order valence-electron chi connectivity index (χ1n) is 9.27. The molecular weight excluding hydrogens is 480 g/mol. The monoisotopic (exact) mass is 496 g/mol. The molecule has 0 bridgehead atoms. The molecule has 32 heavy (non-hydrogen) atoms. The van der Waals surface area contributed by atoms with Crippen LogP contribution in [0.1, 0.15) is 15.9 Å².